The van der Waals surface area contributed by atoms with E-state index in [0.29, 0.717) is 12.0 Å². The number of nitrogens with zero attached hydrogens (tertiary/aromatic N) is 2. The lowest BCUT2D eigenvalue weighted by molar-refractivity contribution is 0.119. The Morgan fingerprint density at radius 3 is 2.81 bits per heavy atom. The molecule has 1 rings (SSSR count). The maximum absolute atomic E-state index is 5.42. The molecule has 1 aromatic heterocycles. The quantitative estimate of drug-likeness (QED) is 0.775. The molecule has 0 aliphatic heterocycles. The number of rotatable bonds is 7. The Bertz CT molecular complexity index is 296. The molecule has 1 heterocycles. The van der Waals surface area contributed by atoms with Crippen LogP contribution in [0.25, 0.3) is 0 Å². The van der Waals surface area contributed by atoms with E-state index in [1.54, 1.807) is 0 Å². The lowest BCUT2D eigenvalue weighted by Gasteiger charge is -2.17. The zero-order valence-electron chi connectivity index (χ0n) is 10.7. The first kappa shape index (κ1) is 13.0. The molecule has 0 saturated heterocycles. The van der Waals surface area contributed by atoms with Gasteiger partial charge in [-0.25, -0.2) is 4.98 Å². The van der Waals surface area contributed by atoms with Crippen molar-refractivity contribution in [2.24, 2.45) is 5.92 Å². The maximum Gasteiger partial charge on any atom is 0.203 e. The molecule has 1 N–H and O–H groups in total. The monoisotopic (exact) mass is 225 g/mol. The summed E-state index contributed by atoms with van der Waals surface area (Å²) in [7, 11) is 0. The first-order chi connectivity index (χ1) is 7.65. The fraction of sp³-hybridized carbons (Fsp3) is 0.750. The fourth-order valence-corrected chi connectivity index (χ4v) is 1.47. The van der Waals surface area contributed by atoms with Crippen LogP contribution in [0.5, 0.6) is 0 Å². The van der Waals surface area contributed by atoms with Crippen molar-refractivity contribution < 1.29 is 4.74 Å². The molecule has 0 aliphatic carbocycles. The third-order valence-electron chi connectivity index (χ3n) is 2.38. The lowest BCUT2D eigenvalue weighted by Crippen LogP contribution is -2.17. The summed E-state index contributed by atoms with van der Waals surface area (Å²) in [6.45, 7) is 10.9. The van der Waals surface area contributed by atoms with Crippen molar-refractivity contribution >= 4 is 5.95 Å². The molecule has 16 heavy (non-hydrogen) atoms. The molecule has 0 aliphatic rings. The zero-order chi connectivity index (χ0) is 12.0. The van der Waals surface area contributed by atoms with E-state index in [4.69, 9.17) is 4.74 Å². The standard InChI is InChI=1S/C12H23N3O/c1-5-16-9-11(4)15-7-6-13-12(15)14-8-10(2)3/h6-7,10-11H,5,8-9H2,1-4H3,(H,13,14). The molecule has 4 nitrogen and oxygen atoms in total. The minimum atomic E-state index is 0.317. The molecular formula is C12H23N3O. The van der Waals surface area contributed by atoms with Crippen LogP contribution in [0, 0.1) is 5.92 Å². The molecule has 1 atom stereocenters. The summed E-state index contributed by atoms with van der Waals surface area (Å²) in [4.78, 5) is 4.31. The summed E-state index contributed by atoms with van der Waals surface area (Å²) in [6, 6.07) is 0.317. The number of nitrogens with one attached hydrogen (secondary N) is 1. The molecular weight excluding hydrogens is 202 g/mol. The van der Waals surface area contributed by atoms with E-state index >= 15 is 0 Å². The number of aromatic nitrogens is 2. The smallest absolute Gasteiger partial charge is 0.203 e. The highest BCUT2D eigenvalue weighted by atomic mass is 16.5. The van der Waals surface area contributed by atoms with Gasteiger partial charge in [-0.05, 0) is 19.8 Å². The summed E-state index contributed by atoms with van der Waals surface area (Å²) >= 11 is 0. The van der Waals surface area contributed by atoms with Gasteiger partial charge in [0.15, 0.2) is 0 Å². The van der Waals surface area contributed by atoms with Gasteiger partial charge in [-0.2, -0.15) is 0 Å². The Morgan fingerprint density at radius 1 is 1.44 bits per heavy atom. The van der Waals surface area contributed by atoms with Gasteiger partial charge in [0.1, 0.15) is 0 Å². The van der Waals surface area contributed by atoms with Crippen LogP contribution in [-0.2, 0) is 4.74 Å². The van der Waals surface area contributed by atoms with Crippen LogP contribution in [-0.4, -0.2) is 29.3 Å². The summed E-state index contributed by atoms with van der Waals surface area (Å²) in [5.41, 5.74) is 0. The fourth-order valence-electron chi connectivity index (χ4n) is 1.47. The first-order valence-corrected chi connectivity index (χ1v) is 5.99. The summed E-state index contributed by atoms with van der Waals surface area (Å²) < 4.78 is 7.55. The summed E-state index contributed by atoms with van der Waals surface area (Å²) in [5.74, 6) is 1.55. The second kappa shape index (κ2) is 6.53. The Labute approximate surface area is 98.0 Å². The number of anilines is 1. The highest BCUT2D eigenvalue weighted by molar-refractivity contribution is 5.26. The summed E-state index contributed by atoms with van der Waals surface area (Å²) in [6.07, 6.45) is 3.82. The van der Waals surface area contributed by atoms with Crippen molar-refractivity contribution in [3.63, 3.8) is 0 Å². The predicted octanol–water partition coefficient (Wildman–Crippen LogP) is 2.55. The summed E-state index contributed by atoms with van der Waals surface area (Å²) in [5, 5.41) is 3.35. The van der Waals surface area contributed by atoms with Crippen LogP contribution in [0.2, 0.25) is 0 Å². The minimum Gasteiger partial charge on any atom is -0.380 e. The van der Waals surface area contributed by atoms with Crippen LogP contribution < -0.4 is 5.32 Å². The van der Waals surface area contributed by atoms with Crippen LogP contribution in [0.1, 0.15) is 33.7 Å². The second-order valence-electron chi connectivity index (χ2n) is 4.44. The molecule has 0 saturated carbocycles. The zero-order valence-corrected chi connectivity index (χ0v) is 10.7. The van der Waals surface area contributed by atoms with Crippen molar-refractivity contribution in [3.05, 3.63) is 12.4 Å². The Balaban J connectivity index is 2.55. The first-order valence-electron chi connectivity index (χ1n) is 5.99. The third-order valence-corrected chi connectivity index (χ3v) is 2.38. The second-order valence-corrected chi connectivity index (χ2v) is 4.44. The molecule has 92 valence electrons. The number of imidazole rings is 1. The van der Waals surface area contributed by atoms with Gasteiger partial charge in [0, 0.05) is 25.5 Å². The molecule has 0 bridgehead atoms. The molecule has 0 radical (unpaired) electrons. The lowest BCUT2D eigenvalue weighted by atomic mass is 10.2. The van der Waals surface area contributed by atoms with E-state index in [0.717, 1.165) is 25.7 Å². The SMILES string of the molecule is CCOCC(C)n1ccnc1NCC(C)C. The van der Waals surface area contributed by atoms with Gasteiger partial charge in [0.2, 0.25) is 5.95 Å². The molecule has 0 spiro atoms. The van der Waals surface area contributed by atoms with Crippen molar-refractivity contribution in [2.45, 2.75) is 33.7 Å². The van der Waals surface area contributed by atoms with Crippen molar-refractivity contribution in [1.82, 2.24) is 9.55 Å². The van der Waals surface area contributed by atoms with Crippen LogP contribution in [0.4, 0.5) is 5.95 Å². The van der Waals surface area contributed by atoms with E-state index in [9.17, 15) is 0 Å². The largest absolute Gasteiger partial charge is 0.380 e. The van der Waals surface area contributed by atoms with E-state index in [2.05, 4.69) is 35.6 Å². The number of ether oxygens (including phenoxy) is 1. The highest BCUT2D eigenvalue weighted by Crippen LogP contribution is 2.14. The molecule has 0 fully saturated rings. The van der Waals surface area contributed by atoms with Crippen molar-refractivity contribution in [1.29, 1.82) is 0 Å². The van der Waals surface area contributed by atoms with E-state index in [-0.39, 0.29) is 0 Å². The highest BCUT2D eigenvalue weighted by Gasteiger charge is 2.09. The Hall–Kier alpha value is -1.03. The number of hydrogen-bond acceptors (Lipinski definition) is 3. The predicted molar refractivity (Wildman–Crippen MR) is 66.8 cm³/mol. The minimum absolute atomic E-state index is 0.317. The molecule has 0 aromatic carbocycles. The van der Waals surface area contributed by atoms with Gasteiger partial charge >= 0.3 is 0 Å². The Kier molecular flexibility index (Phi) is 5.32. The van der Waals surface area contributed by atoms with Crippen LogP contribution in [0.3, 0.4) is 0 Å². The average Bonchev–Trinajstić information content (AvgIpc) is 2.71. The molecule has 4 heteroatoms. The maximum atomic E-state index is 5.42. The van der Waals surface area contributed by atoms with Crippen molar-refractivity contribution in [3.8, 4) is 0 Å². The van der Waals surface area contributed by atoms with Gasteiger partial charge in [0.25, 0.3) is 0 Å². The van der Waals surface area contributed by atoms with Gasteiger partial charge in [-0.1, -0.05) is 13.8 Å². The van der Waals surface area contributed by atoms with E-state index in [1.165, 1.54) is 0 Å². The van der Waals surface area contributed by atoms with Gasteiger partial charge in [-0.3, -0.25) is 0 Å². The van der Waals surface area contributed by atoms with Crippen LogP contribution >= 0.6 is 0 Å². The topological polar surface area (TPSA) is 39.1 Å². The van der Waals surface area contributed by atoms with Gasteiger partial charge in [-0.15, -0.1) is 0 Å². The van der Waals surface area contributed by atoms with Crippen molar-refractivity contribution in [2.75, 3.05) is 25.1 Å². The molecule has 0 amide bonds. The van der Waals surface area contributed by atoms with E-state index < -0.39 is 0 Å². The normalized spacial score (nSPS) is 13.1. The molecule has 1 unspecified atom stereocenters. The van der Waals surface area contributed by atoms with Crippen LogP contribution in [0.15, 0.2) is 12.4 Å². The third kappa shape index (κ3) is 3.85. The average molecular weight is 225 g/mol. The molecule has 1 aromatic rings. The Morgan fingerprint density at radius 2 is 2.19 bits per heavy atom. The van der Waals surface area contributed by atoms with Gasteiger partial charge < -0.3 is 14.6 Å². The van der Waals surface area contributed by atoms with Gasteiger partial charge in [0.05, 0.1) is 12.6 Å². The number of hydrogen-bond donors (Lipinski definition) is 1. The van der Waals surface area contributed by atoms with E-state index in [1.807, 2.05) is 19.3 Å².